The van der Waals surface area contributed by atoms with Gasteiger partial charge in [-0.3, -0.25) is 4.21 Å². The smallest absolute Gasteiger partial charge is 0.139 e. The minimum atomic E-state index is -1.04. The fraction of sp³-hybridized carbons (Fsp3) is 0.429. The fourth-order valence-electron chi connectivity index (χ4n) is 2.17. The molecule has 1 heterocycles. The maximum absolute atomic E-state index is 12.4. The predicted octanol–water partition coefficient (Wildman–Crippen LogP) is 2.88. The number of hydrogen-bond acceptors (Lipinski definition) is 3. The van der Waals surface area contributed by atoms with Crippen molar-refractivity contribution in [1.29, 1.82) is 0 Å². The van der Waals surface area contributed by atoms with Crippen LogP contribution in [0.5, 0.6) is 0 Å². The third-order valence-electron chi connectivity index (χ3n) is 3.05. The number of rotatable bonds is 3. The number of thioether (sulfide) groups is 1. The van der Waals surface area contributed by atoms with Crippen molar-refractivity contribution in [3.63, 3.8) is 0 Å². The lowest BCUT2D eigenvalue weighted by Gasteiger charge is -2.37. The van der Waals surface area contributed by atoms with Gasteiger partial charge in [0, 0.05) is 16.6 Å². The Morgan fingerprint density at radius 1 is 1.44 bits per heavy atom. The first-order chi connectivity index (χ1) is 8.70. The number of allylic oxidation sites excluding steroid dienone is 1. The molecule has 98 valence electrons. The molecule has 2 rings (SSSR count). The molecule has 0 amide bonds. The number of hydrogen-bond donors (Lipinski definition) is 1. The number of aliphatic hydroxyl groups is 1. The maximum atomic E-state index is 12.4. The van der Waals surface area contributed by atoms with Crippen LogP contribution in [0.3, 0.4) is 0 Å². The standard InChI is InChI=1S/C14H18O2S2/c1-2-9-14(17-10-6-11-18(14)16)13(15)12-7-4-3-5-8-12/h2-5,7-9,13,15H,6,10-11H2,1H3/b9-2+/t13-,14-,18?/m1/s1. The Morgan fingerprint density at radius 3 is 2.78 bits per heavy atom. The van der Waals surface area contributed by atoms with E-state index in [0.717, 1.165) is 17.7 Å². The Kier molecular flexibility index (Phi) is 4.65. The van der Waals surface area contributed by atoms with Crippen molar-refractivity contribution in [2.24, 2.45) is 0 Å². The Labute approximate surface area is 115 Å². The predicted molar refractivity (Wildman–Crippen MR) is 79.0 cm³/mol. The highest BCUT2D eigenvalue weighted by atomic mass is 32.2. The maximum Gasteiger partial charge on any atom is 0.139 e. The van der Waals surface area contributed by atoms with Crippen molar-refractivity contribution in [3.8, 4) is 0 Å². The monoisotopic (exact) mass is 282 g/mol. The lowest BCUT2D eigenvalue weighted by atomic mass is 10.1. The van der Waals surface area contributed by atoms with Gasteiger partial charge in [0.05, 0.1) is 0 Å². The van der Waals surface area contributed by atoms with E-state index in [1.807, 2.05) is 49.4 Å². The van der Waals surface area contributed by atoms with E-state index in [4.69, 9.17) is 0 Å². The topological polar surface area (TPSA) is 37.3 Å². The zero-order chi connectivity index (χ0) is 13.0. The molecule has 3 atom stereocenters. The second-order valence-electron chi connectivity index (χ2n) is 4.29. The van der Waals surface area contributed by atoms with Gasteiger partial charge < -0.3 is 5.11 Å². The lowest BCUT2D eigenvalue weighted by Crippen LogP contribution is -2.40. The second kappa shape index (κ2) is 6.04. The van der Waals surface area contributed by atoms with Crippen LogP contribution in [0.2, 0.25) is 0 Å². The Morgan fingerprint density at radius 2 is 2.17 bits per heavy atom. The van der Waals surface area contributed by atoms with E-state index in [9.17, 15) is 9.32 Å². The molecule has 1 fully saturated rings. The quantitative estimate of drug-likeness (QED) is 0.866. The average Bonchev–Trinajstić information content (AvgIpc) is 2.42. The molecule has 0 radical (unpaired) electrons. The van der Waals surface area contributed by atoms with Crippen molar-refractivity contribution in [2.75, 3.05) is 11.5 Å². The third kappa shape index (κ3) is 2.56. The summed E-state index contributed by atoms with van der Waals surface area (Å²) in [5.74, 6) is 1.61. The number of benzene rings is 1. The average molecular weight is 282 g/mol. The SMILES string of the molecule is C/C=C/[C@@]1([C@H](O)c2ccccc2)SCCCS1=O. The van der Waals surface area contributed by atoms with E-state index in [2.05, 4.69) is 0 Å². The van der Waals surface area contributed by atoms with Gasteiger partial charge in [-0.2, -0.15) is 0 Å². The first-order valence-electron chi connectivity index (χ1n) is 6.10. The molecule has 0 saturated carbocycles. The van der Waals surface area contributed by atoms with E-state index in [1.54, 1.807) is 11.8 Å². The van der Waals surface area contributed by atoms with Gasteiger partial charge in [-0.1, -0.05) is 42.5 Å². The molecule has 18 heavy (non-hydrogen) atoms. The minimum Gasteiger partial charge on any atom is -0.386 e. The molecule has 0 aromatic heterocycles. The highest BCUT2D eigenvalue weighted by molar-refractivity contribution is 8.13. The van der Waals surface area contributed by atoms with Crippen LogP contribution in [0, 0.1) is 0 Å². The van der Waals surface area contributed by atoms with Crippen molar-refractivity contribution in [2.45, 2.75) is 23.5 Å². The van der Waals surface area contributed by atoms with Crippen LogP contribution in [-0.2, 0) is 10.8 Å². The molecule has 0 aliphatic carbocycles. The fourth-order valence-corrected chi connectivity index (χ4v) is 5.91. The lowest BCUT2D eigenvalue weighted by molar-refractivity contribution is 0.175. The summed E-state index contributed by atoms with van der Waals surface area (Å²) in [6, 6.07) is 9.50. The van der Waals surface area contributed by atoms with Crippen LogP contribution in [0.4, 0.5) is 0 Å². The molecule has 1 N–H and O–H groups in total. The minimum absolute atomic E-state index is 0.668. The molecule has 1 aliphatic rings. The van der Waals surface area contributed by atoms with Crippen LogP contribution in [-0.4, -0.2) is 24.9 Å². The van der Waals surface area contributed by atoms with Crippen LogP contribution in [0.25, 0.3) is 0 Å². The van der Waals surface area contributed by atoms with E-state index in [0.29, 0.717) is 5.75 Å². The van der Waals surface area contributed by atoms with Gasteiger partial charge >= 0.3 is 0 Å². The summed E-state index contributed by atoms with van der Waals surface area (Å²) in [6.45, 7) is 1.91. The largest absolute Gasteiger partial charge is 0.386 e. The normalized spacial score (nSPS) is 30.4. The van der Waals surface area contributed by atoms with Crippen LogP contribution < -0.4 is 0 Å². The molecule has 1 aromatic carbocycles. The third-order valence-corrected chi connectivity index (χ3v) is 7.00. The zero-order valence-corrected chi connectivity index (χ0v) is 12.0. The summed E-state index contributed by atoms with van der Waals surface area (Å²) in [5.41, 5.74) is 0.832. The molecule has 2 nitrogen and oxygen atoms in total. The summed E-state index contributed by atoms with van der Waals surface area (Å²) < 4.78 is 11.7. The first kappa shape index (κ1) is 13.8. The van der Waals surface area contributed by atoms with Crippen molar-refractivity contribution < 1.29 is 9.32 Å². The summed E-state index contributed by atoms with van der Waals surface area (Å²) >= 11 is 1.61. The summed E-state index contributed by atoms with van der Waals surface area (Å²) in [6.07, 6.45) is 4.03. The van der Waals surface area contributed by atoms with Gasteiger partial charge in [0.15, 0.2) is 0 Å². The molecule has 1 saturated heterocycles. The van der Waals surface area contributed by atoms with E-state index >= 15 is 0 Å². The van der Waals surface area contributed by atoms with Gasteiger partial charge in [0.2, 0.25) is 0 Å². The molecule has 1 aromatic rings. The van der Waals surface area contributed by atoms with E-state index in [1.165, 1.54) is 0 Å². The second-order valence-corrected chi connectivity index (χ2v) is 7.69. The summed E-state index contributed by atoms with van der Waals surface area (Å²) in [4.78, 5) is 0. The first-order valence-corrected chi connectivity index (χ1v) is 8.40. The van der Waals surface area contributed by atoms with Gasteiger partial charge in [-0.25, -0.2) is 0 Å². The summed E-state index contributed by atoms with van der Waals surface area (Å²) in [7, 11) is -1.04. The number of aliphatic hydroxyl groups excluding tert-OH is 1. The molecular formula is C14H18O2S2. The highest BCUT2D eigenvalue weighted by Gasteiger charge is 2.44. The van der Waals surface area contributed by atoms with Crippen LogP contribution in [0.15, 0.2) is 42.5 Å². The van der Waals surface area contributed by atoms with Crippen molar-refractivity contribution in [1.82, 2.24) is 0 Å². The molecule has 0 bridgehead atoms. The molecule has 1 aliphatic heterocycles. The van der Waals surface area contributed by atoms with Crippen molar-refractivity contribution >= 4 is 22.6 Å². The van der Waals surface area contributed by atoms with Crippen LogP contribution in [0.1, 0.15) is 25.0 Å². The Bertz CT molecular complexity index is 444. The van der Waals surface area contributed by atoms with Gasteiger partial charge in [0.25, 0.3) is 0 Å². The van der Waals surface area contributed by atoms with Crippen molar-refractivity contribution in [3.05, 3.63) is 48.0 Å². The van der Waals surface area contributed by atoms with Gasteiger partial charge in [-0.05, 0) is 24.7 Å². The van der Waals surface area contributed by atoms with E-state index < -0.39 is 21.0 Å². The Hall–Kier alpha value is -0.580. The Balaban J connectivity index is 2.38. The molecule has 0 spiro atoms. The van der Waals surface area contributed by atoms with Gasteiger partial charge in [0.1, 0.15) is 10.2 Å². The molecular weight excluding hydrogens is 264 g/mol. The summed E-state index contributed by atoms with van der Waals surface area (Å²) in [5, 5.41) is 10.6. The van der Waals surface area contributed by atoms with E-state index in [-0.39, 0.29) is 0 Å². The van der Waals surface area contributed by atoms with Gasteiger partial charge in [-0.15, -0.1) is 11.8 Å². The zero-order valence-electron chi connectivity index (χ0n) is 10.4. The highest BCUT2D eigenvalue weighted by Crippen LogP contribution is 2.45. The van der Waals surface area contributed by atoms with Crippen LogP contribution >= 0.6 is 11.8 Å². The molecule has 4 heteroatoms. The molecule has 1 unspecified atom stereocenters.